The minimum Gasteiger partial charge on any atom is -0.493 e. The number of amides is 2. The third-order valence-electron chi connectivity index (χ3n) is 6.57. The Kier molecular flexibility index (Phi) is 11.4. The SMILES string of the molecule is CCC(CC)C(=O)OCc1ccc(C(=O)NS(=O)(=O)c2ccc(C(=O)NCCc3ccc(OC)c(OC)c3)cc2)cn1. The third-order valence-corrected chi connectivity index (χ3v) is 7.92. The molecule has 12 heteroatoms. The zero-order chi connectivity index (χ0) is 30.7. The quantitative estimate of drug-likeness (QED) is 0.265. The summed E-state index contributed by atoms with van der Waals surface area (Å²) in [7, 11) is -1.11. The molecule has 0 radical (unpaired) electrons. The average Bonchev–Trinajstić information content (AvgIpc) is 3.00. The second-order valence-corrected chi connectivity index (χ2v) is 11.0. The molecular formula is C30H35N3O8S. The molecule has 0 aliphatic heterocycles. The first-order chi connectivity index (χ1) is 20.1. The minimum absolute atomic E-state index is 0.0131. The van der Waals surface area contributed by atoms with Crippen LogP contribution in [-0.2, 0) is 32.6 Å². The van der Waals surface area contributed by atoms with Gasteiger partial charge in [0.15, 0.2) is 11.5 Å². The lowest BCUT2D eigenvalue weighted by atomic mass is 10.0. The average molecular weight is 598 g/mol. The van der Waals surface area contributed by atoms with Gasteiger partial charge in [0.1, 0.15) is 6.61 Å². The first-order valence-electron chi connectivity index (χ1n) is 13.4. The van der Waals surface area contributed by atoms with Crippen molar-refractivity contribution in [3.05, 3.63) is 83.2 Å². The number of esters is 1. The van der Waals surface area contributed by atoms with E-state index in [2.05, 4.69) is 10.3 Å². The minimum atomic E-state index is -4.21. The number of ether oxygens (including phenoxy) is 3. The second kappa shape index (κ2) is 15.0. The number of nitrogens with zero attached hydrogens (tertiary/aromatic N) is 1. The smallest absolute Gasteiger partial charge is 0.309 e. The molecule has 42 heavy (non-hydrogen) atoms. The lowest BCUT2D eigenvalue weighted by molar-refractivity contribution is -0.150. The van der Waals surface area contributed by atoms with Crippen LogP contribution in [0.15, 0.2) is 65.7 Å². The van der Waals surface area contributed by atoms with E-state index in [4.69, 9.17) is 14.2 Å². The van der Waals surface area contributed by atoms with E-state index in [0.29, 0.717) is 43.0 Å². The van der Waals surface area contributed by atoms with Crippen LogP contribution in [0.4, 0.5) is 0 Å². The summed E-state index contributed by atoms with van der Waals surface area (Å²) < 4.78 is 43.3. The fourth-order valence-electron chi connectivity index (χ4n) is 4.01. The molecule has 0 aliphatic carbocycles. The summed E-state index contributed by atoms with van der Waals surface area (Å²) in [5.74, 6) is -0.543. The summed E-state index contributed by atoms with van der Waals surface area (Å²) in [6, 6.07) is 13.6. The van der Waals surface area contributed by atoms with Gasteiger partial charge in [0, 0.05) is 18.3 Å². The monoisotopic (exact) mass is 597 g/mol. The number of rotatable bonds is 14. The van der Waals surface area contributed by atoms with Gasteiger partial charge in [0.2, 0.25) is 0 Å². The molecule has 0 spiro atoms. The molecule has 224 valence electrons. The van der Waals surface area contributed by atoms with Crippen molar-refractivity contribution in [2.24, 2.45) is 5.92 Å². The van der Waals surface area contributed by atoms with Gasteiger partial charge in [-0.2, -0.15) is 0 Å². The number of aromatic nitrogens is 1. The topological polar surface area (TPSA) is 150 Å². The summed E-state index contributed by atoms with van der Waals surface area (Å²) >= 11 is 0. The Morgan fingerprint density at radius 3 is 2.12 bits per heavy atom. The molecule has 11 nitrogen and oxygen atoms in total. The molecule has 0 saturated heterocycles. The first kappa shape index (κ1) is 32.1. The fraction of sp³-hybridized carbons (Fsp3) is 0.333. The van der Waals surface area contributed by atoms with Crippen molar-refractivity contribution < 1.29 is 37.0 Å². The zero-order valence-corrected chi connectivity index (χ0v) is 24.8. The van der Waals surface area contributed by atoms with E-state index in [1.165, 1.54) is 42.6 Å². The molecule has 3 rings (SSSR count). The Labute approximate surface area is 245 Å². The van der Waals surface area contributed by atoms with Crippen LogP contribution in [0.3, 0.4) is 0 Å². The standard InChI is InChI=1S/C30H35N3O8S/c1-5-21(6-2)30(36)41-19-24-11-8-23(18-32-24)29(35)33-42(37,38)25-12-9-22(10-13-25)28(34)31-16-15-20-7-14-26(39-3)27(17-20)40-4/h7-14,17-18,21H,5-6,15-16,19H2,1-4H3,(H,31,34)(H,33,35). The Morgan fingerprint density at radius 2 is 1.52 bits per heavy atom. The van der Waals surface area contributed by atoms with Gasteiger partial charge in [0.25, 0.3) is 21.8 Å². The van der Waals surface area contributed by atoms with E-state index in [-0.39, 0.29) is 40.4 Å². The highest BCUT2D eigenvalue weighted by Gasteiger charge is 2.20. The number of methoxy groups -OCH3 is 2. The Bertz CT molecular complexity index is 1490. The number of benzene rings is 2. The van der Waals surface area contributed by atoms with Crippen molar-refractivity contribution in [2.75, 3.05) is 20.8 Å². The molecule has 0 fully saturated rings. The van der Waals surface area contributed by atoms with Crippen LogP contribution in [0.25, 0.3) is 0 Å². The number of carbonyl (C=O) groups is 3. The number of sulfonamides is 1. The van der Waals surface area contributed by atoms with Crippen LogP contribution in [0.1, 0.15) is 58.7 Å². The molecule has 0 saturated carbocycles. The van der Waals surface area contributed by atoms with Gasteiger partial charge in [-0.25, -0.2) is 13.1 Å². The van der Waals surface area contributed by atoms with Crippen LogP contribution >= 0.6 is 0 Å². The summed E-state index contributed by atoms with van der Waals surface area (Å²) in [6.45, 7) is 4.11. The number of pyridine rings is 1. The largest absolute Gasteiger partial charge is 0.493 e. The Morgan fingerprint density at radius 1 is 0.857 bits per heavy atom. The predicted octanol–water partition coefficient (Wildman–Crippen LogP) is 3.67. The molecule has 0 unspecified atom stereocenters. The Balaban J connectivity index is 1.53. The van der Waals surface area contributed by atoms with E-state index in [1.807, 2.05) is 30.7 Å². The van der Waals surface area contributed by atoms with Crippen LogP contribution in [-0.4, -0.2) is 51.9 Å². The molecule has 2 N–H and O–H groups in total. The van der Waals surface area contributed by atoms with Gasteiger partial charge in [-0.15, -0.1) is 0 Å². The zero-order valence-electron chi connectivity index (χ0n) is 24.0. The van der Waals surface area contributed by atoms with Gasteiger partial charge in [-0.3, -0.25) is 19.4 Å². The van der Waals surface area contributed by atoms with E-state index >= 15 is 0 Å². The van der Waals surface area contributed by atoms with Gasteiger partial charge in [-0.05, 0) is 73.4 Å². The van der Waals surface area contributed by atoms with E-state index in [9.17, 15) is 22.8 Å². The summed E-state index contributed by atoms with van der Waals surface area (Å²) in [4.78, 5) is 41.1. The van der Waals surface area contributed by atoms with Crippen LogP contribution in [0, 0.1) is 5.92 Å². The van der Waals surface area contributed by atoms with E-state index in [1.54, 1.807) is 20.3 Å². The van der Waals surface area contributed by atoms with E-state index < -0.39 is 15.9 Å². The number of carbonyl (C=O) groups excluding carboxylic acids is 3. The van der Waals surface area contributed by atoms with Crippen molar-refractivity contribution in [3.63, 3.8) is 0 Å². The molecule has 0 bridgehead atoms. The normalized spacial score (nSPS) is 11.1. The molecule has 2 amide bonds. The molecular weight excluding hydrogens is 562 g/mol. The maximum atomic E-state index is 12.8. The highest BCUT2D eigenvalue weighted by Crippen LogP contribution is 2.27. The fourth-order valence-corrected chi connectivity index (χ4v) is 4.99. The summed E-state index contributed by atoms with van der Waals surface area (Å²) in [5.41, 5.74) is 1.64. The molecule has 2 aromatic carbocycles. The Hall–Kier alpha value is -4.45. The summed E-state index contributed by atoms with van der Waals surface area (Å²) in [6.07, 6.45) is 3.10. The van der Waals surface area contributed by atoms with Crippen LogP contribution in [0.5, 0.6) is 11.5 Å². The lowest BCUT2D eigenvalue weighted by Gasteiger charge is -2.12. The highest BCUT2D eigenvalue weighted by atomic mass is 32.2. The first-order valence-corrected chi connectivity index (χ1v) is 14.9. The molecule has 1 aromatic heterocycles. The van der Waals surface area contributed by atoms with Gasteiger partial charge in [-0.1, -0.05) is 19.9 Å². The number of hydrogen-bond donors (Lipinski definition) is 2. The number of nitrogens with one attached hydrogen (secondary N) is 2. The predicted molar refractivity (Wildman–Crippen MR) is 155 cm³/mol. The highest BCUT2D eigenvalue weighted by molar-refractivity contribution is 7.90. The van der Waals surface area contributed by atoms with Crippen LogP contribution in [0.2, 0.25) is 0 Å². The van der Waals surface area contributed by atoms with Crippen molar-refractivity contribution in [2.45, 2.75) is 44.6 Å². The van der Waals surface area contributed by atoms with E-state index in [0.717, 1.165) is 5.56 Å². The lowest BCUT2D eigenvalue weighted by Crippen LogP contribution is -2.31. The van der Waals surface area contributed by atoms with Gasteiger partial charge in [0.05, 0.1) is 36.3 Å². The third kappa shape index (κ3) is 8.53. The molecule has 0 aliphatic rings. The molecule has 0 atom stereocenters. The van der Waals surface area contributed by atoms with Gasteiger partial charge < -0.3 is 19.5 Å². The van der Waals surface area contributed by atoms with Crippen molar-refractivity contribution in [3.8, 4) is 11.5 Å². The maximum Gasteiger partial charge on any atom is 0.309 e. The van der Waals surface area contributed by atoms with Crippen molar-refractivity contribution >= 4 is 27.8 Å². The van der Waals surface area contributed by atoms with Gasteiger partial charge >= 0.3 is 5.97 Å². The van der Waals surface area contributed by atoms with Crippen molar-refractivity contribution in [1.29, 1.82) is 0 Å². The molecule has 1 heterocycles. The number of hydrogen-bond acceptors (Lipinski definition) is 9. The van der Waals surface area contributed by atoms with Crippen LogP contribution < -0.4 is 19.5 Å². The van der Waals surface area contributed by atoms with Crippen molar-refractivity contribution in [1.82, 2.24) is 15.0 Å². The second-order valence-electron chi connectivity index (χ2n) is 9.31. The maximum absolute atomic E-state index is 12.8. The summed E-state index contributed by atoms with van der Waals surface area (Å²) in [5, 5.41) is 2.79. The molecule has 3 aromatic rings.